The van der Waals surface area contributed by atoms with Gasteiger partial charge < -0.3 is 0 Å². The maximum Gasteiger partial charge on any atom is 0.0991 e. The van der Waals surface area contributed by atoms with Gasteiger partial charge in [0.2, 0.25) is 0 Å². The van der Waals surface area contributed by atoms with E-state index in [-0.39, 0.29) is 0 Å². The van der Waals surface area contributed by atoms with Crippen LogP contribution < -0.4 is 0 Å². The number of rotatable bonds is 1. The van der Waals surface area contributed by atoms with Crippen LogP contribution in [-0.4, -0.2) is 9.78 Å². The summed E-state index contributed by atoms with van der Waals surface area (Å²) in [6.45, 7) is 2.07. The Morgan fingerprint density at radius 2 is 1.89 bits per heavy atom. The minimum Gasteiger partial charge on any atom is -0.233 e. The predicted octanol–water partition coefficient (Wildman–Crippen LogP) is 3.21. The molecule has 0 aliphatic rings. The van der Waals surface area contributed by atoms with Crippen LogP contribution in [0.2, 0.25) is 0 Å². The molecule has 1 heterocycles. The SMILES string of the molecule is Cc1ccc2cnn(-c3ccc(C#N)cc3)c2c1. The van der Waals surface area contributed by atoms with Crippen molar-refractivity contribution in [3.63, 3.8) is 0 Å². The van der Waals surface area contributed by atoms with Crippen LogP contribution in [0.4, 0.5) is 0 Å². The quantitative estimate of drug-likeness (QED) is 0.647. The molecule has 0 radical (unpaired) electrons. The fourth-order valence-electron chi connectivity index (χ4n) is 2.01. The molecule has 0 aliphatic carbocycles. The monoisotopic (exact) mass is 233 g/mol. The van der Waals surface area contributed by atoms with Crippen LogP contribution in [0.3, 0.4) is 0 Å². The number of benzene rings is 2. The molecule has 0 spiro atoms. The molecule has 3 aromatic rings. The molecule has 0 fully saturated rings. The lowest BCUT2D eigenvalue weighted by atomic mass is 10.2. The Bertz CT molecular complexity index is 745. The summed E-state index contributed by atoms with van der Waals surface area (Å²) in [7, 11) is 0. The Kier molecular flexibility index (Phi) is 2.35. The summed E-state index contributed by atoms with van der Waals surface area (Å²) in [4.78, 5) is 0. The Labute approximate surface area is 105 Å². The fraction of sp³-hybridized carbons (Fsp3) is 0.0667. The lowest BCUT2D eigenvalue weighted by molar-refractivity contribution is 0.910. The summed E-state index contributed by atoms with van der Waals surface area (Å²) in [6.07, 6.45) is 1.85. The molecular formula is C15H11N3. The minimum atomic E-state index is 0.659. The van der Waals surface area contributed by atoms with Gasteiger partial charge in [0.1, 0.15) is 0 Å². The zero-order valence-corrected chi connectivity index (χ0v) is 9.96. The van der Waals surface area contributed by atoms with E-state index in [2.05, 4.69) is 36.3 Å². The van der Waals surface area contributed by atoms with Crippen molar-refractivity contribution in [1.29, 1.82) is 5.26 Å². The first-order chi connectivity index (χ1) is 8.78. The van der Waals surface area contributed by atoms with Crippen LogP contribution in [0.15, 0.2) is 48.7 Å². The van der Waals surface area contributed by atoms with Crippen molar-refractivity contribution in [3.05, 3.63) is 59.8 Å². The Hall–Kier alpha value is -2.60. The van der Waals surface area contributed by atoms with Crippen molar-refractivity contribution in [2.24, 2.45) is 0 Å². The maximum atomic E-state index is 8.79. The van der Waals surface area contributed by atoms with E-state index in [0.717, 1.165) is 16.6 Å². The Morgan fingerprint density at radius 1 is 1.11 bits per heavy atom. The zero-order chi connectivity index (χ0) is 12.5. The van der Waals surface area contributed by atoms with Crippen LogP contribution in [-0.2, 0) is 0 Å². The summed E-state index contributed by atoms with van der Waals surface area (Å²) in [5.74, 6) is 0. The smallest absolute Gasteiger partial charge is 0.0991 e. The van der Waals surface area contributed by atoms with E-state index in [0.29, 0.717) is 5.56 Å². The number of aryl methyl sites for hydroxylation is 1. The Balaban J connectivity index is 2.19. The van der Waals surface area contributed by atoms with Crippen LogP contribution in [0.5, 0.6) is 0 Å². The number of hydrogen-bond acceptors (Lipinski definition) is 2. The maximum absolute atomic E-state index is 8.79. The minimum absolute atomic E-state index is 0.659. The van der Waals surface area contributed by atoms with Crippen molar-refractivity contribution in [3.8, 4) is 11.8 Å². The third-order valence-electron chi connectivity index (χ3n) is 2.97. The molecular weight excluding hydrogens is 222 g/mol. The molecule has 86 valence electrons. The zero-order valence-electron chi connectivity index (χ0n) is 9.96. The first-order valence-corrected chi connectivity index (χ1v) is 5.73. The number of nitriles is 1. The number of aromatic nitrogens is 2. The van der Waals surface area contributed by atoms with Crippen molar-refractivity contribution in [1.82, 2.24) is 9.78 Å². The summed E-state index contributed by atoms with van der Waals surface area (Å²) in [5.41, 5.74) is 3.92. The van der Waals surface area contributed by atoms with Crippen LogP contribution in [0.1, 0.15) is 11.1 Å². The van der Waals surface area contributed by atoms with E-state index in [4.69, 9.17) is 5.26 Å². The van der Waals surface area contributed by atoms with Gasteiger partial charge in [-0.2, -0.15) is 10.4 Å². The highest BCUT2D eigenvalue weighted by atomic mass is 15.3. The van der Waals surface area contributed by atoms with Gasteiger partial charge in [0.15, 0.2) is 0 Å². The molecule has 0 atom stereocenters. The molecule has 0 N–H and O–H groups in total. The second-order valence-electron chi connectivity index (χ2n) is 4.28. The van der Waals surface area contributed by atoms with Gasteiger partial charge in [-0.15, -0.1) is 0 Å². The van der Waals surface area contributed by atoms with Crippen LogP contribution in [0, 0.1) is 18.3 Å². The molecule has 0 saturated carbocycles. The number of hydrogen-bond donors (Lipinski definition) is 0. The summed E-state index contributed by atoms with van der Waals surface area (Å²) in [6, 6.07) is 15.8. The van der Waals surface area contributed by atoms with Gasteiger partial charge >= 0.3 is 0 Å². The number of fused-ring (bicyclic) bond motifs is 1. The normalized spacial score (nSPS) is 10.4. The highest BCUT2D eigenvalue weighted by Gasteiger charge is 2.04. The molecule has 0 bridgehead atoms. The van der Waals surface area contributed by atoms with Gasteiger partial charge in [0.25, 0.3) is 0 Å². The molecule has 3 heteroatoms. The average molecular weight is 233 g/mol. The highest BCUT2D eigenvalue weighted by Crippen LogP contribution is 2.19. The van der Waals surface area contributed by atoms with Gasteiger partial charge in [-0.1, -0.05) is 12.1 Å². The molecule has 3 rings (SSSR count). The second kappa shape index (κ2) is 4.01. The van der Waals surface area contributed by atoms with Crippen molar-refractivity contribution < 1.29 is 0 Å². The third-order valence-corrected chi connectivity index (χ3v) is 2.97. The first-order valence-electron chi connectivity index (χ1n) is 5.73. The fourth-order valence-corrected chi connectivity index (χ4v) is 2.01. The first kappa shape index (κ1) is 10.5. The topological polar surface area (TPSA) is 41.6 Å². The third kappa shape index (κ3) is 1.64. The summed E-state index contributed by atoms with van der Waals surface area (Å²) in [5, 5.41) is 14.3. The van der Waals surface area contributed by atoms with E-state index >= 15 is 0 Å². The molecule has 18 heavy (non-hydrogen) atoms. The lowest BCUT2D eigenvalue weighted by Crippen LogP contribution is -1.95. The van der Waals surface area contributed by atoms with E-state index in [1.165, 1.54) is 5.56 Å². The molecule has 2 aromatic carbocycles. The van der Waals surface area contributed by atoms with Gasteiger partial charge in [0.05, 0.1) is 29.0 Å². The van der Waals surface area contributed by atoms with E-state index < -0.39 is 0 Å². The van der Waals surface area contributed by atoms with Gasteiger partial charge in [0, 0.05) is 5.39 Å². The molecule has 1 aromatic heterocycles. The van der Waals surface area contributed by atoms with Crippen molar-refractivity contribution >= 4 is 10.9 Å². The standard InChI is InChI=1S/C15H11N3/c1-11-2-5-13-10-17-18(15(13)8-11)14-6-3-12(9-16)4-7-14/h2-8,10H,1H3. The molecule has 3 nitrogen and oxygen atoms in total. The summed E-state index contributed by atoms with van der Waals surface area (Å²) < 4.78 is 1.89. The highest BCUT2D eigenvalue weighted by molar-refractivity contribution is 5.80. The molecule has 0 unspecified atom stereocenters. The average Bonchev–Trinajstić information content (AvgIpc) is 2.82. The van der Waals surface area contributed by atoms with Crippen LogP contribution in [0.25, 0.3) is 16.6 Å². The summed E-state index contributed by atoms with van der Waals surface area (Å²) >= 11 is 0. The van der Waals surface area contributed by atoms with Crippen LogP contribution >= 0.6 is 0 Å². The van der Waals surface area contributed by atoms with E-state index in [9.17, 15) is 0 Å². The Morgan fingerprint density at radius 3 is 2.61 bits per heavy atom. The van der Waals surface area contributed by atoms with E-state index in [1.54, 1.807) is 12.1 Å². The lowest BCUT2D eigenvalue weighted by Gasteiger charge is -2.04. The molecule has 0 aliphatic heterocycles. The van der Waals surface area contributed by atoms with E-state index in [1.807, 2.05) is 23.0 Å². The van der Waals surface area contributed by atoms with Crippen molar-refractivity contribution in [2.45, 2.75) is 6.92 Å². The second-order valence-corrected chi connectivity index (χ2v) is 4.28. The van der Waals surface area contributed by atoms with Gasteiger partial charge in [-0.25, -0.2) is 4.68 Å². The molecule has 0 amide bonds. The largest absolute Gasteiger partial charge is 0.233 e. The number of nitrogens with zero attached hydrogens (tertiary/aromatic N) is 3. The predicted molar refractivity (Wildman–Crippen MR) is 70.5 cm³/mol. The van der Waals surface area contributed by atoms with Crippen molar-refractivity contribution in [2.75, 3.05) is 0 Å². The molecule has 0 saturated heterocycles. The van der Waals surface area contributed by atoms with Gasteiger partial charge in [-0.05, 0) is 42.8 Å². The van der Waals surface area contributed by atoms with Gasteiger partial charge in [-0.3, -0.25) is 0 Å².